The van der Waals surface area contributed by atoms with E-state index in [2.05, 4.69) is 10.5 Å². The van der Waals surface area contributed by atoms with Gasteiger partial charge in [0.25, 0.3) is 5.91 Å². The number of amides is 1. The lowest BCUT2D eigenvalue weighted by atomic mass is 10.0. The number of carbonyl (C=O) groups is 1. The Hall–Kier alpha value is -2.14. The zero-order chi connectivity index (χ0) is 11.5. The van der Waals surface area contributed by atoms with Crippen LogP contribution < -0.4 is 11.3 Å². The van der Waals surface area contributed by atoms with Crippen LogP contribution in [0.15, 0.2) is 36.7 Å². The molecule has 0 fully saturated rings. The molecule has 1 aromatic carbocycles. The zero-order valence-electron chi connectivity index (χ0n) is 8.84. The van der Waals surface area contributed by atoms with Gasteiger partial charge in [-0.15, -0.1) is 0 Å². The highest BCUT2D eigenvalue weighted by Crippen LogP contribution is 2.22. The first-order chi connectivity index (χ1) is 7.72. The molecule has 0 aliphatic rings. The predicted octanol–water partition coefficient (Wildman–Crippen LogP) is 0.691. The number of aryl methyl sites for hydroxylation is 1. The van der Waals surface area contributed by atoms with E-state index >= 15 is 0 Å². The van der Waals surface area contributed by atoms with E-state index in [1.165, 1.54) is 0 Å². The van der Waals surface area contributed by atoms with Crippen LogP contribution in [0.3, 0.4) is 0 Å². The average Bonchev–Trinajstić information content (AvgIpc) is 2.75. The Labute approximate surface area is 92.8 Å². The summed E-state index contributed by atoms with van der Waals surface area (Å²) in [6, 6.07) is 7.26. The summed E-state index contributed by atoms with van der Waals surface area (Å²) in [6.45, 7) is 0. The van der Waals surface area contributed by atoms with Crippen molar-refractivity contribution in [2.45, 2.75) is 0 Å². The third-order valence-corrected chi connectivity index (χ3v) is 2.32. The summed E-state index contributed by atoms with van der Waals surface area (Å²) in [6.07, 6.45) is 3.56. The average molecular weight is 216 g/mol. The molecule has 0 saturated carbocycles. The maximum Gasteiger partial charge on any atom is 0.265 e. The van der Waals surface area contributed by atoms with Crippen molar-refractivity contribution in [2.24, 2.45) is 12.9 Å². The lowest BCUT2D eigenvalue weighted by molar-refractivity contribution is 0.0954. The number of nitrogens with two attached hydrogens (primary N) is 1. The number of hydrazine groups is 1. The van der Waals surface area contributed by atoms with Crippen molar-refractivity contribution in [1.82, 2.24) is 15.2 Å². The first-order valence-electron chi connectivity index (χ1n) is 4.81. The maximum absolute atomic E-state index is 11.6. The predicted molar refractivity (Wildman–Crippen MR) is 60.3 cm³/mol. The fourth-order valence-electron chi connectivity index (χ4n) is 1.57. The molecule has 0 aliphatic heterocycles. The van der Waals surface area contributed by atoms with Crippen LogP contribution in [-0.4, -0.2) is 15.7 Å². The molecule has 0 radical (unpaired) electrons. The highest BCUT2D eigenvalue weighted by molar-refractivity contribution is 6.00. The molecule has 82 valence electrons. The Balaban J connectivity index is 2.52. The Morgan fingerprint density at radius 3 is 2.81 bits per heavy atom. The number of nitrogen functional groups attached to an aromatic ring is 1. The minimum atomic E-state index is -0.306. The molecule has 0 bridgehead atoms. The highest BCUT2D eigenvalue weighted by atomic mass is 16.2. The van der Waals surface area contributed by atoms with Gasteiger partial charge in [0.05, 0.1) is 6.20 Å². The van der Waals surface area contributed by atoms with Crippen LogP contribution in [0.25, 0.3) is 11.1 Å². The molecule has 0 atom stereocenters. The summed E-state index contributed by atoms with van der Waals surface area (Å²) in [4.78, 5) is 11.6. The summed E-state index contributed by atoms with van der Waals surface area (Å²) in [7, 11) is 1.83. The van der Waals surface area contributed by atoms with Gasteiger partial charge in [0.1, 0.15) is 0 Å². The van der Waals surface area contributed by atoms with E-state index in [0.717, 1.165) is 11.1 Å². The molecule has 3 N–H and O–H groups in total. The van der Waals surface area contributed by atoms with E-state index in [1.54, 1.807) is 23.0 Å². The fraction of sp³-hybridized carbons (Fsp3) is 0.0909. The number of rotatable bonds is 2. The van der Waals surface area contributed by atoms with E-state index in [1.807, 2.05) is 25.4 Å². The second kappa shape index (κ2) is 4.16. The number of carbonyl (C=O) groups excluding carboxylic acids is 1. The third kappa shape index (κ3) is 1.80. The Kier molecular flexibility index (Phi) is 2.70. The normalized spacial score (nSPS) is 10.1. The van der Waals surface area contributed by atoms with Crippen LogP contribution in [-0.2, 0) is 7.05 Å². The lowest BCUT2D eigenvalue weighted by Crippen LogP contribution is -2.30. The molecule has 1 heterocycles. The quantitative estimate of drug-likeness (QED) is 0.440. The minimum Gasteiger partial charge on any atom is -0.290 e. The van der Waals surface area contributed by atoms with Crippen molar-refractivity contribution in [3.63, 3.8) is 0 Å². The minimum absolute atomic E-state index is 0.306. The SMILES string of the molecule is Cn1cc(-c2ccccc2C(=O)NN)cn1. The highest BCUT2D eigenvalue weighted by Gasteiger charge is 2.11. The van der Waals surface area contributed by atoms with Crippen LogP contribution in [0.4, 0.5) is 0 Å². The lowest BCUT2D eigenvalue weighted by Gasteiger charge is -2.05. The van der Waals surface area contributed by atoms with Gasteiger partial charge in [-0.05, 0) is 11.6 Å². The Bertz CT molecular complexity index is 518. The van der Waals surface area contributed by atoms with Crippen molar-refractivity contribution < 1.29 is 4.79 Å². The molecule has 5 heteroatoms. The van der Waals surface area contributed by atoms with Gasteiger partial charge in [-0.25, -0.2) is 5.84 Å². The van der Waals surface area contributed by atoms with Crippen molar-refractivity contribution >= 4 is 5.91 Å². The van der Waals surface area contributed by atoms with Gasteiger partial charge in [0.15, 0.2) is 0 Å². The van der Waals surface area contributed by atoms with Crippen LogP contribution in [0.2, 0.25) is 0 Å². The third-order valence-electron chi connectivity index (χ3n) is 2.32. The summed E-state index contributed by atoms with van der Waals surface area (Å²) < 4.78 is 1.69. The van der Waals surface area contributed by atoms with Crippen LogP contribution in [0.1, 0.15) is 10.4 Å². The number of hydrogen-bond donors (Lipinski definition) is 2. The first-order valence-corrected chi connectivity index (χ1v) is 4.81. The number of nitrogens with zero attached hydrogens (tertiary/aromatic N) is 2. The molecular formula is C11H12N4O. The molecule has 1 aromatic heterocycles. The van der Waals surface area contributed by atoms with Gasteiger partial charge in [0, 0.05) is 24.4 Å². The van der Waals surface area contributed by atoms with E-state index in [4.69, 9.17) is 5.84 Å². The van der Waals surface area contributed by atoms with E-state index in [0.29, 0.717) is 5.56 Å². The van der Waals surface area contributed by atoms with Gasteiger partial charge in [-0.1, -0.05) is 18.2 Å². The first kappa shape index (κ1) is 10.4. The van der Waals surface area contributed by atoms with Crippen molar-refractivity contribution in [2.75, 3.05) is 0 Å². The summed E-state index contributed by atoms with van der Waals surface area (Å²) in [5.41, 5.74) is 4.38. The summed E-state index contributed by atoms with van der Waals surface area (Å²) in [5, 5.41) is 4.07. The molecule has 1 amide bonds. The zero-order valence-corrected chi connectivity index (χ0v) is 8.84. The smallest absolute Gasteiger partial charge is 0.265 e. The molecule has 0 spiro atoms. The second-order valence-electron chi connectivity index (χ2n) is 3.42. The molecule has 0 aliphatic carbocycles. The van der Waals surface area contributed by atoms with Crippen LogP contribution >= 0.6 is 0 Å². The van der Waals surface area contributed by atoms with Gasteiger partial charge in [-0.3, -0.25) is 14.9 Å². The summed E-state index contributed by atoms with van der Waals surface area (Å²) >= 11 is 0. The van der Waals surface area contributed by atoms with Gasteiger partial charge < -0.3 is 0 Å². The van der Waals surface area contributed by atoms with Crippen molar-refractivity contribution in [3.05, 3.63) is 42.2 Å². The standard InChI is InChI=1S/C11H12N4O/c1-15-7-8(6-13-15)9-4-2-3-5-10(9)11(16)14-12/h2-7H,12H2,1H3,(H,14,16). The Morgan fingerprint density at radius 2 is 2.19 bits per heavy atom. The fourth-order valence-corrected chi connectivity index (χ4v) is 1.57. The summed E-state index contributed by atoms with van der Waals surface area (Å²) in [5.74, 6) is 4.83. The molecule has 2 aromatic rings. The van der Waals surface area contributed by atoms with Crippen molar-refractivity contribution in [3.8, 4) is 11.1 Å². The number of hydrogen-bond acceptors (Lipinski definition) is 3. The maximum atomic E-state index is 11.6. The van der Waals surface area contributed by atoms with Gasteiger partial charge >= 0.3 is 0 Å². The molecular weight excluding hydrogens is 204 g/mol. The monoisotopic (exact) mass is 216 g/mol. The van der Waals surface area contributed by atoms with Crippen molar-refractivity contribution in [1.29, 1.82) is 0 Å². The molecule has 16 heavy (non-hydrogen) atoms. The molecule has 0 saturated heterocycles. The van der Waals surface area contributed by atoms with Crippen LogP contribution in [0, 0.1) is 0 Å². The molecule has 0 unspecified atom stereocenters. The van der Waals surface area contributed by atoms with E-state index < -0.39 is 0 Å². The number of benzene rings is 1. The second-order valence-corrected chi connectivity index (χ2v) is 3.42. The largest absolute Gasteiger partial charge is 0.290 e. The Morgan fingerprint density at radius 1 is 1.44 bits per heavy atom. The topological polar surface area (TPSA) is 72.9 Å². The van der Waals surface area contributed by atoms with Crippen LogP contribution in [0.5, 0.6) is 0 Å². The molecule has 2 rings (SSSR count). The van der Waals surface area contributed by atoms with Gasteiger partial charge in [-0.2, -0.15) is 5.10 Å². The number of aromatic nitrogens is 2. The van der Waals surface area contributed by atoms with E-state index in [-0.39, 0.29) is 5.91 Å². The number of nitrogens with one attached hydrogen (secondary N) is 1. The van der Waals surface area contributed by atoms with Gasteiger partial charge in [0.2, 0.25) is 0 Å². The molecule has 5 nitrogen and oxygen atoms in total. The van der Waals surface area contributed by atoms with E-state index in [9.17, 15) is 4.79 Å².